The second-order valence-electron chi connectivity index (χ2n) is 9.96. The Hall–Kier alpha value is -1.37. The van der Waals surface area contributed by atoms with E-state index in [9.17, 15) is 0 Å². The summed E-state index contributed by atoms with van der Waals surface area (Å²) < 4.78 is 15.0. The molecule has 2 aliphatic carbocycles. The Balaban J connectivity index is 1.29. The van der Waals surface area contributed by atoms with Crippen molar-refractivity contribution in [1.29, 1.82) is 0 Å². The van der Waals surface area contributed by atoms with Crippen molar-refractivity contribution in [2.45, 2.75) is 90.9 Å². The summed E-state index contributed by atoms with van der Waals surface area (Å²) in [6.07, 6.45) is 15.9. The van der Waals surface area contributed by atoms with E-state index < -0.39 is 0 Å². The van der Waals surface area contributed by atoms with Crippen LogP contribution in [0.5, 0.6) is 0 Å². The van der Waals surface area contributed by atoms with Gasteiger partial charge in [-0.15, -0.1) is 0 Å². The van der Waals surface area contributed by atoms with Crippen molar-refractivity contribution in [1.82, 2.24) is 0 Å². The summed E-state index contributed by atoms with van der Waals surface area (Å²) in [5, 5.41) is 1.84. The Kier molecular flexibility index (Phi) is 6.93. The second-order valence-corrected chi connectivity index (χ2v) is 9.96. The molecule has 29 heavy (non-hydrogen) atoms. The Morgan fingerprint density at radius 3 is 2.07 bits per heavy atom. The van der Waals surface area contributed by atoms with Crippen molar-refractivity contribution in [3.8, 4) is 0 Å². The average Bonchev–Trinajstić information content (AvgIpc) is 2.79. The molecule has 0 aromatic heterocycles. The first-order valence-corrected chi connectivity index (χ1v) is 12.4. The second kappa shape index (κ2) is 9.63. The van der Waals surface area contributed by atoms with Gasteiger partial charge in [-0.3, -0.25) is 0 Å². The lowest BCUT2D eigenvalue weighted by atomic mass is 9.68. The fourth-order valence-electron chi connectivity index (χ4n) is 6.18. The number of rotatable bonds is 6. The number of aryl methyl sites for hydroxylation is 2. The van der Waals surface area contributed by atoms with E-state index in [-0.39, 0.29) is 5.82 Å². The van der Waals surface area contributed by atoms with Crippen molar-refractivity contribution in [3.63, 3.8) is 0 Å². The van der Waals surface area contributed by atoms with Gasteiger partial charge in [0.2, 0.25) is 0 Å². The summed E-state index contributed by atoms with van der Waals surface area (Å²) in [5.74, 6) is 3.81. The molecular formula is C28H39F. The molecule has 4 rings (SSSR count). The van der Waals surface area contributed by atoms with E-state index in [1.54, 1.807) is 0 Å². The van der Waals surface area contributed by atoms with Crippen molar-refractivity contribution >= 4 is 10.8 Å². The van der Waals surface area contributed by atoms with Crippen LogP contribution in [0.15, 0.2) is 30.3 Å². The third-order valence-corrected chi connectivity index (χ3v) is 8.36. The van der Waals surface area contributed by atoms with Gasteiger partial charge in [-0.2, -0.15) is 0 Å². The topological polar surface area (TPSA) is 0 Å². The molecule has 2 aromatic carbocycles. The van der Waals surface area contributed by atoms with Gasteiger partial charge in [0.25, 0.3) is 0 Å². The van der Waals surface area contributed by atoms with Crippen LogP contribution < -0.4 is 0 Å². The molecule has 158 valence electrons. The van der Waals surface area contributed by atoms with Crippen molar-refractivity contribution < 1.29 is 4.39 Å². The Bertz CT molecular complexity index is 791. The van der Waals surface area contributed by atoms with E-state index in [1.165, 1.54) is 63.4 Å². The van der Waals surface area contributed by atoms with Crippen LogP contribution in [0.3, 0.4) is 0 Å². The third kappa shape index (κ3) is 4.86. The largest absolute Gasteiger partial charge is 0.206 e. The lowest BCUT2D eigenvalue weighted by molar-refractivity contribution is 0.142. The van der Waals surface area contributed by atoms with Crippen LogP contribution in [0.2, 0.25) is 0 Å². The SMILES string of the molecule is CCc1ccc2c(F)c(CCC3CCC(C4CCC(CC)CC4)CC3)ccc2c1. The van der Waals surface area contributed by atoms with Crippen LogP contribution in [0.1, 0.15) is 89.2 Å². The molecular weight excluding hydrogens is 355 g/mol. The number of benzene rings is 2. The molecule has 0 aliphatic heterocycles. The predicted molar refractivity (Wildman–Crippen MR) is 123 cm³/mol. The lowest BCUT2D eigenvalue weighted by Gasteiger charge is -2.37. The molecule has 2 fully saturated rings. The maximum absolute atomic E-state index is 15.0. The first-order valence-electron chi connectivity index (χ1n) is 12.4. The van der Waals surface area contributed by atoms with E-state index in [0.29, 0.717) is 0 Å². The van der Waals surface area contributed by atoms with Crippen LogP contribution in [0.4, 0.5) is 4.39 Å². The highest BCUT2D eigenvalue weighted by molar-refractivity contribution is 5.84. The van der Waals surface area contributed by atoms with Gasteiger partial charge < -0.3 is 0 Å². The van der Waals surface area contributed by atoms with Crippen LogP contribution in [-0.2, 0) is 12.8 Å². The fraction of sp³-hybridized carbons (Fsp3) is 0.643. The number of halogens is 1. The Labute approximate surface area is 177 Å². The molecule has 0 amide bonds. The fourth-order valence-corrected chi connectivity index (χ4v) is 6.18. The molecule has 0 heterocycles. The minimum Gasteiger partial charge on any atom is -0.206 e. The lowest BCUT2D eigenvalue weighted by Crippen LogP contribution is -2.25. The number of hydrogen-bond acceptors (Lipinski definition) is 0. The van der Waals surface area contributed by atoms with Crippen molar-refractivity contribution in [2.24, 2.45) is 23.7 Å². The van der Waals surface area contributed by atoms with Crippen molar-refractivity contribution in [2.75, 3.05) is 0 Å². The Morgan fingerprint density at radius 1 is 0.793 bits per heavy atom. The molecule has 0 saturated heterocycles. The minimum atomic E-state index is 0.0199. The van der Waals surface area contributed by atoms with E-state index in [4.69, 9.17) is 0 Å². The van der Waals surface area contributed by atoms with Crippen LogP contribution in [0.25, 0.3) is 10.8 Å². The molecule has 0 spiro atoms. The summed E-state index contributed by atoms with van der Waals surface area (Å²) in [6.45, 7) is 4.51. The molecule has 2 saturated carbocycles. The third-order valence-electron chi connectivity index (χ3n) is 8.36. The summed E-state index contributed by atoms with van der Waals surface area (Å²) in [4.78, 5) is 0. The monoisotopic (exact) mass is 394 g/mol. The van der Waals surface area contributed by atoms with E-state index in [2.05, 4.69) is 32.0 Å². The van der Waals surface area contributed by atoms with Crippen LogP contribution >= 0.6 is 0 Å². The van der Waals surface area contributed by atoms with Crippen LogP contribution in [-0.4, -0.2) is 0 Å². The van der Waals surface area contributed by atoms with E-state index >= 15 is 4.39 Å². The van der Waals surface area contributed by atoms with E-state index in [0.717, 1.165) is 59.3 Å². The number of fused-ring (bicyclic) bond motifs is 1. The van der Waals surface area contributed by atoms with Gasteiger partial charge in [0.05, 0.1) is 0 Å². The normalized spacial score (nSPS) is 28.0. The smallest absolute Gasteiger partial charge is 0.134 e. The molecule has 0 unspecified atom stereocenters. The van der Waals surface area contributed by atoms with Gasteiger partial charge in [-0.05, 0) is 85.1 Å². The van der Waals surface area contributed by atoms with Gasteiger partial charge in [0.15, 0.2) is 0 Å². The summed E-state index contributed by atoms with van der Waals surface area (Å²) in [7, 11) is 0. The molecule has 2 aromatic rings. The number of hydrogen-bond donors (Lipinski definition) is 0. The van der Waals surface area contributed by atoms with Gasteiger partial charge in [-0.25, -0.2) is 4.39 Å². The Morgan fingerprint density at radius 2 is 1.45 bits per heavy atom. The van der Waals surface area contributed by atoms with Gasteiger partial charge in [0, 0.05) is 5.39 Å². The molecule has 0 nitrogen and oxygen atoms in total. The van der Waals surface area contributed by atoms with E-state index in [1.807, 2.05) is 12.1 Å². The first-order chi connectivity index (χ1) is 14.2. The molecule has 0 N–H and O–H groups in total. The highest BCUT2D eigenvalue weighted by Crippen LogP contribution is 2.42. The van der Waals surface area contributed by atoms with Crippen LogP contribution in [0, 0.1) is 29.5 Å². The molecule has 0 bridgehead atoms. The highest BCUT2D eigenvalue weighted by atomic mass is 19.1. The van der Waals surface area contributed by atoms with Gasteiger partial charge in [-0.1, -0.05) is 76.3 Å². The van der Waals surface area contributed by atoms with Gasteiger partial charge >= 0.3 is 0 Å². The summed E-state index contributed by atoms with van der Waals surface area (Å²) in [6, 6.07) is 10.3. The average molecular weight is 395 g/mol. The maximum Gasteiger partial charge on any atom is 0.134 e. The summed E-state index contributed by atoms with van der Waals surface area (Å²) in [5.41, 5.74) is 2.20. The zero-order chi connectivity index (χ0) is 20.2. The highest BCUT2D eigenvalue weighted by Gasteiger charge is 2.30. The van der Waals surface area contributed by atoms with Gasteiger partial charge in [0.1, 0.15) is 5.82 Å². The molecule has 0 atom stereocenters. The predicted octanol–water partition coefficient (Wildman–Crippen LogP) is 8.50. The molecule has 0 radical (unpaired) electrons. The summed E-state index contributed by atoms with van der Waals surface area (Å²) >= 11 is 0. The van der Waals surface area contributed by atoms with Crippen molar-refractivity contribution in [3.05, 3.63) is 47.3 Å². The zero-order valence-corrected chi connectivity index (χ0v) is 18.6. The standard InChI is InChI=1S/C28H39F/c1-3-20-5-11-23(12-6-20)24-13-7-22(8-14-24)9-15-25-16-17-26-19-21(4-2)10-18-27(26)28(25)29/h10,16-20,22-24H,3-9,11-15H2,1-2H3. The quantitative estimate of drug-likeness (QED) is 0.460. The maximum atomic E-state index is 15.0. The zero-order valence-electron chi connectivity index (χ0n) is 18.6. The molecule has 2 aliphatic rings. The minimum absolute atomic E-state index is 0.0199. The molecule has 1 heteroatoms. The first kappa shape index (κ1) is 20.9.